The molecule has 140 valence electrons. The Labute approximate surface area is 198 Å². The van der Waals surface area contributed by atoms with Gasteiger partial charge in [0.25, 0.3) is 0 Å². The molecule has 0 radical (unpaired) electrons. The minimum atomic E-state index is -4.17. The molecule has 0 aliphatic heterocycles. The second kappa shape index (κ2) is 11.6. The summed E-state index contributed by atoms with van der Waals surface area (Å²) in [6.07, 6.45) is 1.94. The molecule has 27 heavy (non-hydrogen) atoms. The second-order valence-electron chi connectivity index (χ2n) is 5.37. The van der Waals surface area contributed by atoms with E-state index < -0.39 is 10.1 Å². The SMILES string of the molecule is CCN(CCCS(=O)(=O)[O-])c1ccc(N=Nc2ncc(Br)cc2Br)cc1.[Na+]. The van der Waals surface area contributed by atoms with E-state index in [1.54, 1.807) is 6.20 Å². The zero-order valence-electron chi connectivity index (χ0n) is 15.0. The summed E-state index contributed by atoms with van der Waals surface area (Å²) in [6.45, 7) is 3.17. The van der Waals surface area contributed by atoms with Gasteiger partial charge in [-0.05, 0) is 75.5 Å². The Kier molecular flexibility index (Phi) is 10.6. The molecule has 0 bridgehead atoms. The number of benzene rings is 1. The molecule has 11 heteroatoms. The standard InChI is InChI=1S/C16H18Br2N4O3S.Na/c1-2-22(8-3-9-26(23,24)25)14-6-4-13(5-7-14)20-21-16-15(18)10-12(17)11-19-16;/h4-7,10-11H,2-3,8-9H2,1H3,(H,23,24,25);/q;+1/p-1. The average Bonchev–Trinajstić information content (AvgIpc) is 2.58. The number of nitrogens with zero attached hydrogens (tertiary/aromatic N) is 4. The van der Waals surface area contributed by atoms with Crippen LogP contribution in [-0.4, -0.2) is 36.8 Å². The van der Waals surface area contributed by atoms with Crippen molar-refractivity contribution < 1.29 is 42.5 Å². The predicted molar refractivity (Wildman–Crippen MR) is 107 cm³/mol. The first kappa shape index (κ1) is 24.7. The largest absolute Gasteiger partial charge is 1.00 e. The van der Waals surface area contributed by atoms with Crippen molar-refractivity contribution in [2.45, 2.75) is 13.3 Å². The number of aromatic nitrogens is 1. The maximum atomic E-state index is 10.7. The predicted octanol–water partition coefficient (Wildman–Crippen LogP) is 1.79. The number of rotatable bonds is 8. The van der Waals surface area contributed by atoms with Crippen molar-refractivity contribution in [1.29, 1.82) is 0 Å². The fraction of sp³-hybridized carbons (Fsp3) is 0.312. The van der Waals surface area contributed by atoms with Crippen molar-refractivity contribution in [2.24, 2.45) is 10.2 Å². The van der Waals surface area contributed by atoms with Crippen molar-refractivity contribution in [2.75, 3.05) is 23.7 Å². The summed E-state index contributed by atoms with van der Waals surface area (Å²) in [5.74, 6) is 0.122. The van der Waals surface area contributed by atoms with Gasteiger partial charge in [0.2, 0.25) is 0 Å². The van der Waals surface area contributed by atoms with E-state index in [1.807, 2.05) is 42.2 Å². The molecule has 0 fully saturated rings. The fourth-order valence-electron chi connectivity index (χ4n) is 2.22. The fourth-order valence-corrected chi connectivity index (χ4v) is 3.77. The van der Waals surface area contributed by atoms with E-state index in [1.165, 1.54) is 0 Å². The zero-order chi connectivity index (χ0) is 19.2. The third kappa shape index (κ3) is 8.68. The topological polar surface area (TPSA) is 98.0 Å². The van der Waals surface area contributed by atoms with Crippen molar-refractivity contribution in [3.05, 3.63) is 45.5 Å². The summed E-state index contributed by atoms with van der Waals surface area (Å²) < 4.78 is 33.7. The number of anilines is 1. The molecule has 0 atom stereocenters. The summed E-state index contributed by atoms with van der Waals surface area (Å²) in [6, 6.07) is 9.24. The van der Waals surface area contributed by atoms with Gasteiger partial charge in [-0.3, -0.25) is 0 Å². The number of pyridine rings is 1. The molecule has 1 aromatic heterocycles. The van der Waals surface area contributed by atoms with Crippen LogP contribution in [0.2, 0.25) is 0 Å². The van der Waals surface area contributed by atoms with E-state index >= 15 is 0 Å². The van der Waals surface area contributed by atoms with Crippen molar-refractivity contribution >= 4 is 59.2 Å². The number of hydrogen-bond donors (Lipinski definition) is 0. The van der Waals surface area contributed by atoms with Crippen molar-refractivity contribution in [3.8, 4) is 0 Å². The van der Waals surface area contributed by atoms with Gasteiger partial charge in [0.15, 0.2) is 5.82 Å². The number of azo groups is 1. The third-order valence-corrected chi connectivity index (χ3v) is 5.27. The van der Waals surface area contributed by atoms with Crippen LogP contribution in [0.5, 0.6) is 0 Å². The summed E-state index contributed by atoms with van der Waals surface area (Å²) in [5, 5.41) is 8.29. The van der Waals surface area contributed by atoms with Crippen LogP contribution in [-0.2, 0) is 10.1 Å². The van der Waals surface area contributed by atoms with Crippen LogP contribution in [0.3, 0.4) is 0 Å². The summed E-state index contributed by atoms with van der Waals surface area (Å²) in [5.41, 5.74) is 1.60. The first-order chi connectivity index (χ1) is 12.3. The first-order valence-corrected chi connectivity index (χ1v) is 11.0. The molecule has 0 saturated heterocycles. The van der Waals surface area contributed by atoms with Gasteiger partial charge in [-0.1, -0.05) is 0 Å². The summed E-state index contributed by atoms with van der Waals surface area (Å²) in [4.78, 5) is 6.17. The van der Waals surface area contributed by atoms with Crippen LogP contribution >= 0.6 is 31.9 Å². The molecular weight excluding hydrogens is 511 g/mol. The molecule has 0 aliphatic rings. The van der Waals surface area contributed by atoms with Crippen LogP contribution in [0.4, 0.5) is 17.2 Å². The van der Waals surface area contributed by atoms with E-state index in [-0.39, 0.29) is 35.3 Å². The number of halogens is 2. The Morgan fingerprint density at radius 1 is 1.19 bits per heavy atom. The maximum Gasteiger partial charge on any atom is 1.00 e. The zero-order valence-corrected chi connectivity index (χ0v) is 21.0. The Hall–Kier alpha value is -0.360. The van der Waals surface area contributed by atoms with Crippen LogP contribution in [0.15, 0.2) is 55.7 Å². The minimum Gasteiger partial charge on any atom is -0.748 e. The molecular formula is C16H17Br2N4NaO3S. The normalized spacial score (nSPS) is 11.4. The number of hydrogen-bond acceptors (Lipinski definition) is 7. The quantitative estimate of drug-likeness (QED) is 0.296. The Bertz CT molecular complexity index is 880. The Morgan fingerprint density at radius 2 is 1.85 bits per heavy atom. The van der Waals surface area contributed by atoms with E-state index in [9.17, 15) is 13.0 Å². The van der Waals surface area contributed by atoms with Crippen LogP contribution in [0.25, 0.3) is 0 Å². The van der Waals surface area contributed by atoms with E-state index in [2.05, 4.69) is 47.1 Å². The van der Waals surface area contributed by atoms with E-state index in [0.717, 1.165) is 14.6 Å². The van der Waals surface area contributed by atoms with Gasteiger partial charge in [0.1, 0.15) is 0 Å². The Morgan fingerprint density at radius 3 is 2.41 bits per heavy atom. The molecule has 2 rings (SSSR count). The summed E-state index contributed by atoms with van der Waals surface area (Å²) >= 11 is 6.71. The van der Waals surface area contributed by atoms with Crippen LogP contribution in [0, 0.1) is 0 Å². The van der Waals surface area contributed by atoms with Crippen molar-refractivity contribution in [3.63, 3.8) is 0 Å². The summed E-state index contributed by atoms with van der Waals surface area (Å²) in [7, 11) is -4.17. The molecule has 0 aliphatic carbocycles. The Balaban J connectivity index is 0.00000364. The van der Waals surface area contributed by atoms with Gasteiger partial charge in [0.05, 0.1) is 20.3 Å². The monoisotopic (exact) mass is 526 g/mol. The second-order valence-corrected chi connectivity index (χ2v) is 8.66. The molecule has 0 saturated carbocycles. The van der Waals surface area contributed by atoms with Gasteiger partial charge in [-0.15, -0.1) is 10.2 Å². The molecule has 0 spiro atoms. The van der Waals surface area contributed by atoms with Crippen LogP contribution < -0.4 is 34.5 Å². The first-order valence-electron chi connectivity index (χ1n) is 7.80. The molecule has 7 nitrogen and oxygen atoms in total. The molecule has 1 heterocycles. The van der Waals surface area contributed by atoms with E-state index in [0.29, 0.717) is 31.0 Å². The molecule has 2 aromatic rings. The smallest absolute Gasteiger partial charge is 0.748 e. The molecule has 0 amide bonds. The maximum absolute atomic E-state index is 10.7. The van der Waals surface area contributed by atoms with Crippen molar-refractivity contribution in [1.82, 2.24) is 4.98 Å². The average molecular weight is 528 g/mol. The molecule has 1 aromatic carbocycles. The minimum absolute atomic E-state index is 0. The van der Waals surface area contributed by atoms with Gasteiger partial charge < -0.3 is 9.45 Å². The third-order valence-electron chi connectivity index (χ3n) is 3.47. The van der Waals surface area contributed by atoms with Gasteiger partial charge in [0, 0.05) is 35.2 Å². The van der Waals surface area contributed by atoms with Crippen LogP contribution in [0.1, 0.15) is 13.3 Å². The van der Waals surface area contributed by atoms with Gasteiger partial charge in [-0.25, -0.2) is 13.4 Å². The van der Waals surface area contributed by atoms with Gasteiger partial charge >= 0.3 is 29.6 Å². The molecule has 0 unspecified atom stereocenters. The van der Waals surface area contributed by atoms with E-state index in [4.69, 9.17) is 0 Å². The molecule has 0 N–H and O–H groups in total. The van der Waals surface area contributed by atoms with Gasteiger partial charge in [-0.2, -0.15) is 0 Å².